The Hall–Kier alpha value is -1.42. The van der Waals surface area contributed by atoms with Gasteiger partial charge in [-0.3, -0.25) is 14.7 Å². The molecule has 1 aliphatic rings. The molecule has 2 heterocycles. The number of carbonyl (C=O) groups excluding carboxylic acids is 1. The number of nitrogens with zero attached hydrogens (tertiary/aromatic N) is 2. The van der Waals surface area contributed by atoms with E-state index in [0.717, 1.165) is 17.9 Å². The SMILES string of the molecule is CNC(=O)CCc1cccc(C2CCCN2C(C)C)n1. The first kappa shape index (κ1) is 15.0. The number of carbonyl (C=O) groups is 1. The Morgan fingerprint density at radius 3 is 3.00 bits per heavy atom. The highest BCUT2D eigenvalue weighted by Crippen LogP contribution is 2.32. The van der Waals surface area contributed by atoms with Crippen LogP contribution in [-0.4, -0.2) is 35.4 Å². The van der Waals surface area contributed by atoms with E-state index in [4.69, 9.17) is 4.98 Å². The van der Waals surface area contributed by atoms with Crippen molar-refractivity contribution in [3.8, 4) is 0 Å². The van der Waals surface area contributed by atoms with E-state index in [1.54, 1.807) is 7.05 Å². The summed E-state index contributed by atoms with van der Waals surface area (Å²) in [5.74, 6) is 0.0712. The van der Waals surface area contributed by atoms with Crippen LogP contribution in [0, 0.1) is 0 Å². The van der Waals surface area contributed by atoms with Gasteiger partial charge in [-0.05, 0) is 51.8 Å². The summed E-state index contributed by atoms with van der Waals surface area (Å²) in [4.78, 5) is 18.6. The summed E-state index contributed by atoms with van der Waals surface area (Å²) in [7, 11) is 1.67. The van der Waals surface area contributed by atoms with Gasteiger partial charge in [-0.2, -0.15) is 0 Å². The minimum Gasteiger partial charge on any atom is -0.359 e. The summed E-state index contributed by atoms with van der Waals surface area (Å²) in [6, 6.07) is 7.20. The Balaban J connectivity index is 2.07. The van der Waals surface area contributed by atoms with Crippen LogP contribution in [0.1, 0.15) is 50.5 Å². The van der Waals surface area contributed by atoms with Crippen LogP contribution in [0.2, 0.25) is 0 Å². The van der Waals surface area contributed by atoms with Gasteiger partial charge >= 0.3 is 0 Å². The molecular weight excluding hydrogens is 250 g/mol. The monoisotopic (exact) mass is 275 g/mol. The van der Waals surface area contributed by atoms with Crippen molar-refractivity contribution in [2.45, 2.75) is 51.6 Å². The zero-order valence-corrected chi connectivity index (χ0v) is 12.7. The molecule has 1 fully saturated rings. The molecule has 2 rings (SSSR count). The van der Waals surface area contributed by atoms with Gasteiger partial charge in [0.05, 0.1) is 11.7 Å². The number of nitrogens with one attached hydrogen (secondary N) is 1. The van der Waals surface area contributed by atoms with E-state index in [-0.39, 0.29) is 5.91 Å². The molecule has 1 aromatic heterocycles. The molecule has 4 heteroatoms. The van der Waals surface area contributed by atoms with E-state index in [1.807, 2.05) is 6.07 Å². The fourth-order valence-corrected chi connectivity index (χ4v) is 2.91. The molecule has 1 N–H and O–H groups in total. The van der Waals surface area contributed by atoms with Gasteiger partial charge in [0.2, 0.25) is 5.91 Å². The van der Waals surface area contributed by atoms with Gasteiger partial charge in [0.1, 0.15) is 0 Å². The van der Waals surface area contributed by atoms with Crippen LogP contribution >= 0.6 is 0 Å². The predicted molar refractivity (Wildman–Crippen MR) is 80.4 cm³/mol. The average Bonchev–Trinajstić information content (AvgIpc) is 2.94. The molecule has 0 aliphatic carbocycles. The number of amides is 1. The quantitative estimate of drug-likeness (QED) is 0.897. The topological polar surface area (TPSA) is 45.2 Å². The van der Waals surface area contributed by atoms with Crippen LogP contribution in [0.4, 0.5) is 0 Å². The Morgan fingerprint density at radius 2 is 2.30 bits per heavy atom. The van der Waals surface area contributed by atoms with E-state index in [9.17, 15) is 4.79 Å². The smallest absolute Gasteiger partial charge is 0.220 e. The minimum atomic E-state index is 0.0712. The molecule has 1 aliphatic heterocycles. The number of rotatable bonds is 5. The summed E-state index contributed by atoms with van der Waals surface area (Å²) < 4.78 is 0. The van der Waals surface area contributed by atoms with E-state index in [0.29, 0.717) is 24.9 Å². The second kappa shape index (κ2) is 6.84. The molecule has 0 radical (unpaired) electrons. The standard InChI is InChI=1S/C16H25N3O/c1-12(2)19-11-5-8-15(19)14-7-4-6-13(18-14)9-10-16(20)17-3/h4,6-7,12,15H,5,8-11H2,1-3H3,(H,17,20). The first-order chi connectivity index (χ1) is 9.61. The fraction of sp³-hybridized carbons (Fsp3) is 0.625. The summed E-state index contributed by atoms with van der Waals surface area (Å²) in [6.07, 6.45) is 3.64. The third kappa shape index (κ3) is 3.57. The summed E-state index contributed by atoms with van der Waals surface area (Å²) in [5, 5.41) is 2.65. The lowest BCUT2D eigenvalue weighted by molar-refractivity contribution is -0.120. The van der Waals surface area contributed by atoms with Crippen molar-refractivity contribution in [1.29, 1.82) is 0 Å². The van der Waals surface area contributed by atoms with Gasteiger partial charge in [0, 0.05) is 25.2 Å². The van der Waals surface area contributed by atoms with Crippen molar-refractivity contribution in [2.24, 2.45) is 0 Å². The number of aromatic nitrogens is 1. The number of likely N-dealkylation sites (tertiary alicyclic amines) is 1. The molecule has 0 saturated carbocycles. The van der Waals surface area contributed by atoms with E-state index >= 15 is 0 Å². The van der Waals surface area contributed by atoms with Crippen molar-refractivity contribution in [2.75, 3.05) is 13.6 Å². The molecule has 20 heavy (non-hydrogen) atoms. The Kier molecular flexibility index (Phi) is 5.12. The van der Waals surface area contributed by atoms with Gasteiger partial charge in [-0.1, -0.05) is 6.07 Å². The number of pyridine rings is 1. The predicted octanol–water partition coefficient (Wildman–Crippen LogP) is 2.31. The van der Waals surface area contributed by atoms with Crippen LogP contribution in [0.15, 0.2) is 18.2 Å². The summed E-state index contributed by atoms with van der Waals surface area (Å²) >= 11 is 0. The largest absolute Gasteiger partial charge is 0.359 e. The third-order valence-corrected chi connectivity index (χ3v) is 4.01. The van der Waals surface area contributed by atoms with Gasteiger partial charge in [-0.15, -0.1) is 0 Å². The highest BCUT2D eigenvalue weighted by Gasteiger charge is 2.28. The maximum atomic E-state index is 11.3. The van der Waals surface area contributed by atoms with Crippen molar-refractivity contribution in [3.05, 3.63) is 29.6 Å². The van der Waals surface area contributed by atoms with E-state index < -0.39 is 0 Å². The van der Waals surface area contributed by atoms with Gasteiger partial charge < -0.3 is 5.32 Å². The molecule has 0 bridgehead atoms. The maximum absolute atomic E-state index is 11.3. The number of hydrogen-bond donors (Lipinski definition) is 1. The second-order valence-electron chi connectivity index (χ2n) is 5.72. The van der Waals surface area contributed by atoms with Crippen molar-refractivity contribution < 1.29 is 4.79 Å². The molecule has 4 nitrogen and oxygen atoms in total. The molecule has 1 atom stereocenters. The second-order valence-corrected chi connectivity index (χ2v) is 5.72. The summed E-state index contributed by atoms with van der Waals surface area (Å²) in [5.41, 5.74) is 2.17. The zero-order valence-electron chi connectivity index (χ0n) is 12.7. The number of aryl methyl sites for hydroxylation is 1. The molecular formula is C16H25N3O. The lowest BCUT2D eigenvalue weighted by Gasteiger charge is -2.28. The Morgan fingerprint density at radius 1 is 1.50 bits per heavy atom. The molecule has 1 aromatic rings. The lowest BCUT2D eigenvalue weighted by Crippen LogP contribution is -2.30. The van der Waals surface area contributed by atoms with Crippen LogP contribution in [0.25, 0.3) is 0 Å². The highest BCUT2D eigenvalue weighted by molar-refractivity contribution is 5.75. The minimum absolute atomic E-state index is 0.0712. The van der Waals surface area contributed by atoms with Gasteiger partial charge in [0.15, 0.2) is 0 Å². The zero-order chi connectivity index (χ0) is 14.5. The van der Waals surface area contributed by atoms with Crippen molar-refractivity contribution >= 4 is 5.91 Å². The van der Waals surface area contributed by atoms with Crippen molar-refractivity contribution in [1.82, 2.24) is 15.2 Å². The molecule has 0 spiro atoms. The molecule has 110 valence electrons. The first-order valence-corrected chi connectivity index (χ1v) is 7.54. The lowest BCUT2D eigenvalue weighted by atomic mass is 10.1. The van der Waals surface area contributed by atoms with Gasteiger partial charge in [0.25, 0.3) is 0 Å². The van der Waals surface area contributed by atoms with Crippen LogP contribution < -0.4 is 5.32 Å². The molecule has 0 aromatic carbocycles. The molecule has 1 unspecified atom stereocenters. The average molecular weight is 275 g/mol. The first-order valence-electron chi connectivity index (χ1n) is 7.54. The Labute approximate surface area is 121 Å². The summed E-state index contributed by atoms with van der Waals surface area (Å²) in [6.45, 7) is 5.65. The third-order valence-electron chi connectivity index (χ3n) is 4.01. The Bertz CT molecular complexity index is 459. The van der Waals surface area contributed by atoms with E-state index in [1.165, 1.54) is 12.8 Å². The van der Waals surface area contributed by atoms with Crippen LogP contribution in [0.5, 0.6) is 0 Å². The molecule has 1 saturated heterocycles. The van der Waals surface area contributed by atoms with Gasteiger partial charge in [-0.25, -0.2) is 0 Å². The van der Waals surface area contributed by atoms with Crippen molar-refractivity contribution in [3.63, 3.8) is 0 Å². The van der Waals surface area contributed by atoms with Crippen LogP contribution in [0.3, 0.4) is 0 Å². The van der Waals surface area contributed by atoms with Crippen LogP contribution in [-0.2, 0) is 11.2 Å². The highest BCUT2D eigenvalue weighted by atomic mass is 16.1. The van der Waals surface area contributed by atoms with E-state index in [2.05, 4.69) is 36.2 Å². The number of hydrogen-bond acceptors (Lipinski definition) is 3. The maximum Gasteiger partial charge on any atom is 0.220 e. The fourth-order valence-electron chi connectivity index (χ4n) is 2.91. The molecule has 1 amide bonds. The normalized spacial score (nSPS) is 19.5.